The minimum Gasteiger partial charge on any atom is -0.393 e. The van der Waals surface area contributed by atoms with E-state index in [1.165, 1.54) is 0 Å². The molecule has 0 saturated heterocycles. The first-order valence-electron chi connectivity index (χ1n) is 21.3. The third kappa shape index (κ3) is 5.42. The molecule has 2 bridgehead atoms. The number of amides is 2. The van der Waals surface area contributed by atoms with Gasteiger partial charge in [0, 0.05) is 33.1 Å². The van der Waals surface area contributed by atoms with Gasteiger partial charge in [-0.2, -0.15) is 0 Å². The van der Waals surface area contributed by atoms with Crippen molar-refractivity contribution >= 4 is 44.0 Å². The van der Waals surface area contributed by atoms with E-state index >= 15 is 4.79 Å². The molecule has 5 aromatic rings. The lowest BCUT2D eigenvalue weighted by Gasteiger charge is -2.71. The summed E-state index contributed by atoms with van der Waals surface area (Å²) in [5.74, 6) is 0.263. The summed E-state index contributed by atoms with van der Waals surface area (Å²) in [5.41, 5.74) is 0.0343. The van der Waals surface area contributed by atoms with Gasteiger partial charge in [-0.05, 0) is 109 Å². The van der Waals surface area contributed by atoms with Crippen LogP contribution in [0.5, 0.6) is 0 Å². The summed E-state index contributed by atoms with van der Waals surface area (Å²) in [6.07, 6.45) is 11.9. The number of carbonyl (C=O) groups is 2. The van der Waals surface area contributed by atoms with E-state index in [1.807, 2.05) is 72.5 Å². The Bertz CT molecular complexity index is 2470. The highest BCUT2D eigenvalue weighted by atomic mass is 32.1. The van der Waals surface area contributed by atoms with Crippen LogP contribution in [-0.4, -0.2) is 45.2 Å². The topological polar surface area (TPSA) is 89.9 Å². The molecule has 6 aliphatic rings. The summed E-state index contributed by atoms with van der Waals surface area (Å²) >= 11 is 1.57. The summed E-state index contributed by atoms with van der Waals surface area (Å²) in [4.78, 5) is 32.5. The number of nitrogens with one attached hydrogen (secondary N) is 1. The van der Waals surface area contributed by atoms with E-state index in [2.05, 4.69) is 79.9 Å². The molecule has 3 saturated carbocycles. The molecule has 58 heavy (non-hydrogen) atoms. The maximum Gasteiger partial charge on any atom is 0.318 e. The molecule has 1 heterocycles. The SMILES string of the molecule is C[C@@H](NC(=O)N(Cc1cccc2ccccc12)C[C@]1(O)CC[C@H]2[C@]34C=C[C@@]5(C=C3C(=O)c3cc6ccccc6s3)CC(O)CC[C@]5(C)[C@H]4CC[C@@]21C)c1ccccc1. The molecule has 6 aliphatic carbocycles. The largest absolute Gasteiger partial charge is 0.393 e. The fourth-order valence-electron chi connectivity index (χ4n) is 13.1. The van der Waals surface area contributed by atoms with Crippen molar-refractivity contribution in [2.24, 2.45) is 33.5 Å². The third-order valence-corrected chi connectivity index (χ3v) is 17.3. The lowest BCUT2D eigenvalue weighted by Crippen LogP contribution is -2.67. The Morgan fingerprint density at radius 2 is 1.52 bits per heavy atom. The van der Waals surface area contributed by atoms with Crippen molar-refractivity contribution in [3.63, 3.8) is 0 Å². The molecule has 298 valence electrons. The highest BCUT2D eigenvalue weighted by Gasteiger charge is 2.74. The Labute approximate surface area is 345 Å². The fourth-order valence-corrected chi connectivity index (χ4v) is 14.1. The molecule has 2 amide bonds. The zero-order chi connectivity index (χ0) is 40.1. The van der Waals surface area contributed by atoms with Crippen LogP contribution in [0.3, 0.4) is 0 Å². The number of aliphatic hydroxyl groups excluding tert-OH is 1. The van der Waals surface area contributed by atoms with E-state index in [0.717, 1.165) is 74.5 Å². The molecular formula is C51H54N2O4S. The second-order valence-electron chi connectivity index (χ2n) is 18.9. The molecule has 7 heteroatoms. The maximum absolute atomic E-state index is 15.2. The van der Waals surface area contributed by atoms with Gasteiger partial charge in [-0.1, -0.05) is 123 Å². The molecule has 1 aromatic heterocycles. The standard InChI is InChI=1S/C51H54N2O4S/c1-33(34-12-5-4-6-13-34)52-46(56)53(31-37-17-11-16-35-14-7-9-18-39(35)37)32-50(57)25-22-44-48(50,3)24-21-43-47(2)23-20-38(54)29-49(47)26-27-51(43,44)40(30-49)45(55)42-28-36-15-8-10-19-41(36)58-42/h4-19,26-28,30,33,38,43-44,54,57H,20-25,29,31-32H2,1-3H3,(H,52,56)/t33-,38?,43-,44-,47-,48+,49+,50-,51-/m1/s1. The number of allylic oxidation sites excluding steroid dienone is 4. The number of fused-ring (bicyclic) bond motifs is 3. The van der Waals surface area contributed by atoms with Crippen molar-refractivity contribution in [1.29, 1.82) is 0 Å². The number of nitrogens with zero attached hydrogens (tertiary/aromatic N) is 1. The molecule has 0 aliphatic heterocycles. The molecular weight excluding hydrogens is 737 g/mol. The molecule has 4 aromatic carbocycles. The Balaban J connectivity index is 1.05. The Kier molecular flexibility index (Phi) is 8.76. The van der Waals surface area contributed by atoms with Crippen molar-refractivity contribution in [3.8, 4) is 0 Å². The summed E-state index contributed by atoms with van der Waals surface area (Å²) in [6.45, 7) is 7.22. The van der Waals surface area contributed by atoms with Gasteiger partial charge in [0.25, 0.3) is 0 Å². The monoisotopic (exact) mass is 790 g/mol. The van der Waals surface area contributed by atoms with E-state index in [1.54, 1.807) is 11.3 Å². The van der Waals surface area contributed by atoms with Crippen LogP contribution in [0.15, 0.2) is 127 Å². The molecule has 9 atom stereocenters. The number of rotatable bonds is 8. The van der Waals surface area contributed by atoms with E-state index in [4.69, 9.17) is 0 Å². The molecule has 11 rings (SSSR count). The van der Waals surface area contributed by atoms with Crippen LogP contribution in [0.25, 0.3) is 20.9 Å². The number of aliphatic hydroxyl groups is 2. The van der Waals surface area contributed by atoms with Gasteiger partial charge >= 0.3 is 6.03 Å². The molecule has 3 N–H and O–H groups in total. The highest BCUT2D eigenvalue weighted by molar-refractivity contribution is 7.21. The predicted molar refractivity (Wildman–Crippen MR) is 232 cm³/mol. The average molecular weight is 791 g/mol. The van der Waals surface area contributed by atoms with Crippen LogP contribution in [0.2, 0.25) is 0 Å². The molecule has 0 radical (unpaired) electrons. The van der Waals surface area contributed by atoms with Crippen LogP contribution in [0.1, 0.15) is 92.6 Å². The van der Waals surface area contributed by atoms with Crippen molar-refractivity contribution in [3.05, 3.63) is 143 Å². The summed E-state index contributed by atoms with van der Waals surface area (Å²) in [6, 6.07) is 34.4. The number of hydrogen-bond acceptors (Lipinski definition) is 5. The first kappa shape index (κ1) is 37.7. The van der Waals surface area contributed by atoms with Crippen LogP contribution >= 0.6 is 11.3 Å². The number of ketones is 1. The number of hydrogen-bond donors (Lipinski definition) is 3. The van der Waals surface area contributed by atoms with Crippen molar-refractivity contribution in [2.45, 2.75) is 90.0 Å². The van der Waals surface area contributed by atoms with E-state index in [9.17, 15) is 15.0 Å². The minimum atomic E-state index is -1.20. The van der Waals surface area contributed by atoms with E-state index < -0.39 is 27.9 Å². The molecule has 6 nitrogen and oxygen atoms in total. The Hall–Kier alpha value is -4.56. The van der Waals surface area contributed by atoms with E-state index in [0.29, 0.717) is 19.4 Å². The number of thiophene rings is 1. The zero-order valence-corrected chi connectivity index (χ0v) is 34.6. The van der Waals surface area contributed by atoms with Crippen LogP contribution in [-0.2, 0) is 6.54 Å². The van der Waals surface area contributed by atoms with Gasteiger partial charge in [-0.3, -0.25) is 4.79 Å². The van der Waals surface area contributed by atoms with Gasteiger partial charge in [0.05, 0.1) is 29.2 Å². The van der Waals surface area contributed by atoms with Crippen molar-refractivity contribution < 1.29 is 19.8 Å². The number of benzene rings is 4. The fraction of sp³-hybridized carbons (Fsp3) is 0.412. The van der Waals surface area contributed by atoms with Crippen molar-refractivity contribution in [1.82, 2.24) is 10.2 Å². The Morgan fingerprint density at radius 3 is 2.33 bits per heavy atom. The normalized spacial score (nSPS) is 33.9. The first-order chi connectivity index (χ1) is 27.9. The van der Waals surface area contributed by atoms with Gasteiger partial charge in [0.1, 0.15) is 0 Å². The summed E-state index contributed by atoms with van der Waals surface area (Å²) in [5, 5.41) is 31.2. The second kappa shape index (κ2) is 13.5. The predicted octanol–water partition coefficient (Wildman–Crippen LogP) is 10.8. The number of urea groups is 1. The molecule has 2 spiro atoms. The van der Waals surface area contributed by atoms with Crippen LogP contribution in [0, 0.1) is 33.5 Å². The molecule has 1 unspecified atom stereocenters. The quantitative estimate of drug-likeness (QED) is 0.108. The molecule has 3 fully saturated rings. The van der Waals surface area contributed by atoms with Crippen molar-refractivity contribution in [2.75, 3.05) is 6.54 Å². The van der Waals surface area contributed by atoms with Gasteiger partial charge in [-0.15, -0.1) is 11.3 Å². The van der Waals surface area contributed by atoms with Gasteiger partial charge in [-0.25, -0.2) is 4.79 Å². The average Bonchev–Trinajstić information content (AvgIpc) is 3.79. The Morgan fingerprint density at radius 1 is 0.828 bits per heavy atom. The van der Waals surface area contributed by atoms with Crippen LogP contribution in [0.4, 0.5) is 4.79 Å². The second-order valence-corrected chi connectivity index (χ2v) is 19.9. The minimum absolute atomic E-state index is 0.0164. The van der Waals surface area contributed by atoms with E-state index in [-0.39, 0.29) is 41.7 Å². The number of Topliss-reactive ketones (excluding diaryl/α,β-unsaturated/α-hetero) is 1. The maximum atomic E-state index is 15.2. The number of carbonyl (C=O) groups excluding carboxylic acids is 2. The zero-order valence-electron chi connectivity index (χ0n) is 33.8. The van der Waals surface area contributed by atoms with Gasteiger partial charge in [0.2, 0.25) is 0 Å². The summed E-state index contributed by atoms with van der Waals surface area (Å²) in [7, 11) is 0. The highest BCUT2D eigenvalue weighted by Crippen LogP contribution is 2.78. The lowest BCUT2D eigenvalue weighted by molar-refractivity contribution is -0.174. The third-order valence-electron chi connectivity index (χ3n) is 16.2. The smallest absolute Gasteiger partial charge is 0.318 e. The first-order valence-corrected chi connectivity index (χ1v) is 22.2. The summed E-state index contributed by atoms with van der Waals surface area (Å²) < 4.78 is 1.10. The lowest BCUT2D eigenvalue weighted by atomic mass is 9.32. The van der Waals surface area contributed by atoms with Gasteiger partial charge in [0.15, 0.2) is 5.78 Å². The van der Waals surface area contributed by atoms with Gasteiger partial charge < -0.3 is 20.4 Å². The van der Waals surface area contributed by atoms with Crippen LogP contribution < -0.4 is 5.32 Å².